The molecular weight excluding hydrogens is 240 g/mol. The van der Waals surface area contributed by atoms with Gasteiger partial charge < -0.3 is 5.32 Å². The Hall–Kier alpha value is -1.79. The molecule has 0 aliphatic rings. The van der Waals surface area contributed by atoms with Crippen molar-refractivity contribution in [3.63, 3.8) is 0 Å². The van der Waals surface area contributed by atoms with E-state index in [1.807, 2.05) is 25.1 Å². The van der Waals surface area contributed by atoms with E-state index >= 15 is 0 Å². The molecular formula is C15H16N2S. The fourth-order valence-corrected chi connectivity index (χ4v) is 2.66. The molecule has 1 aromatic heterocycles. The van der Waals surface area contributed by atoms with Crippen molar-refractivity contribution in [3.8, 4) is 6.07 Å². The molecule has 0 saturated carbocycles. The van der Waals surface area contributed by atoms with Gasteiger partial charge in [0.15, 0.2) is 0 Å². The van der Waals surface area contributed by atoms with E-state index in [0.29, 0.717) is 11.6 Å². The van der Waals surface area contributed by atoms with Gasteiger partial charge in [-0.25, -0.2) is 0 Å². The summed E-state index contributed by atoms with van der Waals surface area (Å²) in [6, 6.07) is 10.5. The van der Waals surface area contributed by atoms with E-state index in [4.69, 9.17) is 5.26 Å². The highest BCUT2D eigenvalue weighted by atomic mass is 32.1. The van der Waals surface area contributed by atoms with Crippen LogP contribution in [0.25, 0.3) is 0 Å². The van der Waals surface area contributed by atoms with Crippen molar-refractivity contribution in [2.24, 2.45) is 0 Å². The zero-order valence-electron chi connectivity index (χ0n) is 10.6. The Morgan fingerprint density at radius 1 is 1.39 bits per heavy atom. The molecule has 0 saturated heterocycles. The summed E-state index contributed by atoms with van der Waals surface area (Å²) in [7, 11) is 0. The fourth-order valence-electron chi connectivity index (χ4n) is 1.97. The molecule has 1 heterocycles. The van der Waals surface area contributed by atoms with Crippen molar-refractivity contribution in [2.45, 2.75) is 26.3 Å². The van der Waals surface area contributed by atoms with E-state index in [2.05, 4.69) is 35.1 Å². The third kappa shape index (κ3) is 3.12. The van der Waals surface area contributed by atoms with Crippen LogP contribution in [0.5, 0.6) is 0 Å². The van der Waals surface area contributed by atoms with Gasteiger partial charge in [0.2, 0.25) is 0 Å². The SMILES string of the molecule is Cc1cc(C#N)ccc1NC(C)Cc1ccsc1. The van der Waals surface area contributed by atoms with Gasteiger partial charge in [0.05, 0.1) is 11.6 Å². The number of hydrogen-bond donors (Lipinski definition) is 1. The van der Waals surface area contributed by atoms with Crippen LogP contribution in [0.4, 0.5) is 5.69 Å². The number of nitrogens with one attached hydrogen (secondary N) is 1. The Morgan fingerprint density at radius 3 is 2.83 bits per heavy atom. The third-order valence-electron chi connectivity index (χ3n) is 2.88. The van der Waals surface area contributed by atoms with E-state index in [1.165, 1.54) is 5.56 Å². The maximum atomic E-state index is 8.84. The van der Waals surface area contributed by atoms with E-state index in [-0.39, 0.29) is 0 Å². The van der Waals surface area contributed by atoms with Crippen LogP contribution in [-0.2, 0) is 6.42 Å². The van der Waals surface area contributed by atoms with Gasteiger partial charge in [0, 0.05) is 11.7 Å². The first kappa shape index (κ1) is 12.7. The quantitative estimate of drug-likeness (QED) is 0.898. The van der Waals surface area contributed by atoms with Crippen LogP contribution in [0.3, 0.4) is 0 Å². The average molecular weight is 256 g/mol. The van der Waals surface area contributed by atoms with Gasteiger partial charge in [0.25, 0.3) is 0 Å². The average Bonchev–Trinajstić information content (AvgIpc) is 2.84. The Morgan fingerprint density at radius 2 is 2.22 bits per heavy atom. The van der Waals surface area contributed by atoms with Crippen LogP contribution in [0, 0.1) is 18.3 Å². The van der Waals surface area contributed by atoms with Crippen LogP contribution in [-0.4, -0.2) is 6.04 Å². The summed E-state index contributed by atoms with van der Waals surface area (Å²) in [5.74, 6) is 0. The molecule has 0 spiro atoms. The highest BCUT2D eigenvalue weighted by molar-refractivity contribution is 7.07. The summed E-state index contributed by atoms with van der Waals surface area (Å²) in [4.78, 5) is 0. The van der Waals surface area contributed by atoms with Crippen molar-refractivity contribution in [3.05, 3.63) is 51.7 Å². The smallest absolute Gasteiger partial charge is 0.0991 e. The molecule has 2 rings (SSSR count). The lowest BCUT2D eigenvalue weighted by Crippen LogP contribution is -2.18. The molecule has 1 atom stereocenters. The molecule has 0 fully saturated rings. The number of benzene rings is 1. The van der Waals surface area contributed by atoms with Gasteiger partial charge in [-0.05, 0) is 66.4 Å². The van der Waals surface area contributed by atoms with E-state index < -0.39 is 0 Å². The van der Waals surface area contributed by atoms with Crippen LogP contribution >= 0.6 is 11.3 Å². The largest absolute Gasteiger partial charge is 0.382 e. The predicted octanol–water partition coefficient (Wildman–Crippen LogP) is 3.97. The lowest BCUT2D eigenvalue weighted by molar-refractivity contribution is 0.791. The maximum Gasteiger partial charge on any atom is 0.0991 e. The number of rotatable bonds is 4. The topological polar surface area (TPSA) is 35.8 Å². The molecule has 1 N–H and O–H groups in total. The molecule has 0 aliphatic carbocycles. The second-order valence-corrected chi connectivity index (χ2v) is 5.30. The molecule has 0 radical (unpaired) electrons. The van der Waals surface area contributed by atoms with Crippen LogP contribution in [0.1, 0.15) is 23.6 Å². The van der Waals surface area contributed by atoms with Crippen molar-refractivity contribution in [2.75, 3.05) is 5.32 Å². The number of aryl methyl sites for hydroxylation is 1. The summed E-state index contributed by atoms with van der Waals surface area (Å²) >= 11 is 1.73. The van der Waals surface area contributed by atoms with Gasteiger partial charge in [-0.1, -0.05) is 0 Å². The lowest BCUT2D eigenvalue weighted by atomic mass is 10.1. The molecule has 1 unspecified atom stereocenters. The van der Waals surface area contributed by atoms with Gasteiger partial charge in [-0.15, -0.1) is 0 Å². The second-order valence-electron chi connectivity index (χ2n) is 4.52. The van der Waals surface area contributed by atoms with Crippen LogP contribution < -0.4 is 5.32 Å². The number of nitrogens with zero attached hydrogens (tertiary/aromatic N) is 1. The van der Waals surface area contributed by atoms with Gasteiger partial charge >= 0.3 is 0 Å². The molecule has 2 aromatic rings. The molecule has 0 amide bonds. The van der Waals surface area contributed by atoms with Crippen molar-refractivity contribution in [1.82, 2.24) is 0 Å². The molecule has 2 nitrogen and oxygen atoms in total. The summed E-state index contributed by atoms with van der Waals surface area (Å²) in [5, 5.41) is 16.6. The minimum absolute atomic E-state index is 0.381. The Kier molecular flexibility index (Phi) is 4.01. The van der Waals surface area contributed by atoms with Gasteiger partial charge in [-0.3, -0.25) is 0 Å². The van der Waals surface area contributed by atoms with Gasteiger partial charge in [-0.2, -0.15) is 16.6 Å². The van der Waals surface area contributed by atoms with E-state index in [9.17, 15) is 0 Å². The maximum absolute atomic E-state index is 8.84. The van der Waals surface area contributed by atoms with E-state index in [0.717, 1.165) is 17.7 Å². The number of hydrogen-bond acceptors (Lipinski definition) is 3. The fraction of sp³-hybridized carbons (Fsp3) is 0.267. The summed E-state index contributed by atoms with van der Waals surface area (Å²) in [5.41, 5.74) is 4.30. The van der Waals surface area contributed by atoms with Gasteiger partial charge in [0.1, 0.15) is 0 Å². The van der Waals surface area contributed by atoms with Crippen LogP contribution in [0.2, 0.25) is 0 Å². The minimum atomic E-state index is 0.381. The first-order valence-corrected chi connectivity index (χ1v) is 6.91. The predicted molar refractivity (Wildman–Crippen MR) is 77.0 cm³/mol. The highest BCUT2D eigenvalue weighted by Gasteiger charge is 2.06. The Labute approximate surface area is 112 Å². The van der Waals surface area contributed by atoms with Crippen molar-refractivity contribution in [1.29, 1.82) is 5.26 Å². The zero-order chi connectivity index (χ0) is 13.0. The number of anilines is 1. The summed E-state index contributed by atoms with van der Waals surface area (Å²) < 4.78 is 0. The minimum Gasteiger partial charge on any atom is -0.382 e. The molecule has 0 aliphatic heterocycles. The zero-order valence-corrected chi connectivity index (χ0v) is 11.4. The first-order chi connectivity index (χ1) is 8.69. The number of thiophene rings is 1. The van der Waals surface area contributed by atoms with Crippen molar-refractivity contribution < 1.29 is 0 Å². The Bertz CT molecular complexity index is 552. The normalized spacial score (nSPS) is 11.8. The molecule has 0 bridgehead atoms. The van der Waals surface area contributed by atoms with Crippen molar-refractivity contribution >= 4 is 17.0 Å². The lowest BCUT2D eigenvalue weighted by Gasteiger charge is -2.16. The molecule has 92 valence electrons. The third-order valence-corrected chi connectivity index (χ3v) is 3.61. The standard InChI is InChI=1S/C15H16N2S/c1-11-7-13(9-16)3-4-15(11)17-12(2)8-14-5-6-18-10-14/h3-7,10,12,17H,8H2,1-2H3. The van der Waals surface area contributed by atoms with E-state index in [1.54, 1.807) is 11.3 Å². The summed E-state index contributed by atoms with van der Waals surface area (Å²) in [6.45, 7) is 4.20. The first-order valence-electron chi connectivity index (χ1n) is 5.97. The Balaban J connectivity index is 2.03. The van der Waals surface area contributed by atoms with Crippen LogP contribution in [0.15, 0.2) is 35.0 Å². The molecule has 3 heteroatoms. The molecule has 1 aromatic carbocycles. The molecule has 18 heavy (non-hydrogen) atoms. The monoisotopic (exact) mass is 256 g/mol. The highest BCUT2D eigenvalue weighted by Crippen LogP contribution is 2.18. The second kappa shape index (κ2) is 5.70. The number of nitriles is 1. The summed E-state index contributed by atoms with van der Waals surface area (Å²) in [6.07, 6.45) is 1.02.